The van der Waals surface area contributed by atoms with Crippen LogP contribution in [0.2, 0.25) is 0 Å². The number of carbonyl (C=O) groups is 2. The molecule has 3 aromatic rings. The molecule has 3 aromatic carbocycles. The predicted octanol–water partition coefficient (Wildman–Crippen LogP) is 5.16. The largest absolute Gasteiger partial charge is 0.319 e. The number of para-hydroxylation sites is 1. The van der Waals surface area contributed by atoms with Gasteiger partial charge in [-0.2, -0.15) is 0 Å². The number of nitrogens with one attached hydrogen (secondary N) is 1. The summed E-state index contributed by atoms with van der Waals surface area (Å²) in [6.07, 6.45) is 1.63. The lowest BCUT2D eigenvalue weighted by Crippen LogP contribution is -2.31. The number of thioether (sulfide) groups is 1. The summed E-state index contributed by atoms with van der Waals surface area (Å²) in [5.74, 6) is -1.53. The normalized spacial score (nSPS) is 14.2. The zero-order valence-corrected chi connectivity index (χ0v) is 19.3. The van der Waals surface area contributed by atoms with Gasteiger partial charge in [-0.25, -0.2) is 9.38 Å². The monoisotopic (exact) mass is 490 g/mol. The summed E-state index contributed by atoms with van der Waals surface area (Å²) in [4.78, 5) is 42.3. The van der Waals surface area contributed by atoms with Crippen molar-refractivity contribution >= 4 is 51.9 Å². The van der Waals surface area contributed by atoms with Crippen LogP contribution in [-0.2, 0) is 9.59 Å². The molecule has 0 spiro atoms. The van der Waals surface area contributed by atoms with Crippen molar-refractivity contribution in [3.8, 4) is 0 Å². The Bertz CT molecular complexity index is 1360. The molecule has 0 unspecified atom stereocenters. The summed E-state index contributed by atoms with van der Waals surface area (Å²) >= 11 is 0.995. The summed E-state index contributed by atoms with van der Waals surface area (Å²) in [6, 6.07) is 19.0. The smallest absolute Gasteiger partial charge is 0.293 e. The van der Waals surface area contributed by atoms with Crippen molar-refractivity contribution in [2.24, 2.45) is 4.99 Å². The molecule has 0 aliphatic carbocycles. The lowest BCUT2D eigenvalue weighted by atomic mass is 10.1. The average Bonchev–Trinajstić information content (AvgIpc) is 3.15. The van der Waals surface area contributed by atoms with Crippen LogP contribution in [-0.4, -0.2) is 27.7 Å². The number of nitrogens with zero attached hydrogens (tertiary/aromatic N) is 3. The molecule has 176 valence electrons. The molecular weight excluding hydrogens is 471 g/mol. The maximum atomic E-state index is 13.5. The van der Waals surface area contributed by atoms with Crippen LogP contribution in [0.1, 0.15) is 11.1 Å². The second kappa shape index (κ2) is 10.3. The van der Waals surface area contributed by atoms with E-state index in [4.69, 9.17) is 0 Å². The molecular formula is C25H19FN4O4S. The molecule has 0 aromatic heterocycles. The van der Waals surface area contributed by atoms with E-state index in [9.17, 15) is 24.1 Å². The number of benzene rings is 3. The summed E-state index contributed by atoms with van der Waals surface area (Å²) in [5.41, 5.74) is 1.79. The Labute approximate surface area is 204 Å². The van der Waals surface area contributed by atoms with Crippen molar-refractivity contribution in [1.82, 2.24) is 0 Å². The summed E-state index contributed by atoms with van der Waals surface area (Å²) < 4.78 is 13.5. The average molecular weight is 491 g/mol. The number of aliphatic imine (C=N–C) groups is 1. The fourth-order valence-corrected chi connectivity index (χ4v) is 4.20. The van der Waals surface area contributed by atoms with Crippen LogP contribution in [0.3, 0.4) is 0 Å². The highest BCUT2D eigenvalue weighted by molar-refractivity contribution is 8.14. The molecule has 4 rings (SSSR count). The highest BCUT2D eigenvalue weighted by Crippen LogP contribution is 2.31. The third kappa shape index (κ3) is 5.44. The molecule has 35 heavy (non-hydrogen) atoms. The number of carbonyl (C=O) groups excluding carboxylic acids is 2. The van der Waals surface area contributed by atoms with Crippen LogP contribution in [0.5, 0.6) is 0 Å². The first kappa shape index (κ1) is 23.8. The number of anilines is 2. The van der Waals surface area contributed by atoms with Gasteiger partial charge in [0.1, 0.15) is 17.2 Å². The van der Waals surface area contributed by atoms with E-state index in [1.807, 2.05) is 30.3 Å². The highest BCUT2D eigenvalue weighted by atomic mass is 32.2. The molecule has 10 heteroatoms. The summed E-state index contributed by atoms with van der Waals surface area (Å²) in [5, 5.41) is 14.1. The molecule has 0 fully saturated rings. The lowest BCUT2D eigenvalue weighted by molar-refractivity contribution is -0.384. The van der Waals surface area contributed by atoms with Crippen LogP contribution in [0, 0.1) is 22.9 Å². The molecule has 0 bridgehead atoms. The number of amides is 2. The lowest BCUT2D eigenvalue weighted by Gasteiger charge is -2.17. The van der Waals surface area contributed by atoms with Crippen LogP contribution in [0.15, 0.2) is 83.5 Å². The van der Waals surface area contributed by atoms with E-state index in [2.05, 4.69) is 10.3 Å². The minimum Gasteiger partial charge on any atom is -0.319 e. The first-order valence-electron chi connectivity index (χ1n) is 10.5. The quantitative estimate of drug-likeness (QED) is 0.292. The van der Waals surface area contributed by atoms with E-state index >= 15 is 0 Å². The van der Waals surface area contributed by atoms with E-state index in [-0.39, 0.29) is 28.0 Å². The summed E-state index contributed by atoms with van der Waals surface area (Å²) in [7, 11) is 0. The van der Waals surface area contributed by atoms with Gasteiger partial charge in [0.05, 0.1) is 16.4 Å². The maximum absolute atomic E-state index is 13.5. The highest BCUT2D eigenvalue weighted by Gasteiger charge is 2.32. The van der Waals surface area contributed by atoms with Crippen molar-refractivity contribution in [2.45, 2.75) is 6.92 Å². The van der Waals surface area contributed by atoms with E-state index in [1.165, 1.54) is 41.3 Å². The molecule has 8 nitrogen and oxygen atoms in total. The van der Waals surface area contributed by atoms with Crippen molar-refractivity contribution in [1.29, 1.82) is 0 Å². The Morgan fingerprint density at radius 3 is 2.51 bits per heavy atom. The van der Waals surface area contributed by atoms with Crippen molar-refractivity contribution in [2.75, 3.05) is 16.0 Å². The fraction of sp³-hybridized carbons (Fsp3) is 0.0800. The predicted molar refractivity (Wildman–Crippen MR) is 135 cm³/mol. The van der Waals surface area contributed by atoms with Gasteiger partial charge in [0.2, 0.25) is 5.91 Å². The second-order valence-corrected chi connectivity index (χ2v) is 8.46. The topological polar surface area (TPSA) is 105 Å². The molecule has 1 N–H and O–H groups in total. The maximum Gasteiger partial charge on any atom is 0.293 e. The van der Waals surface area contributed by atoms with Gasteiger partial charge in [0.15, 0.2) is 5.17 Å². The van der Waals surface area contributed by atoms with Gasteiger partial charge in [0.25, 0.3) is 11.6 Å². The molecule has 1 heterocycles. The standard InChI is InChI=1S/C25H19FN4O4S/c1-16-6-5-9-21(30(33)34)23(16)28-22(31)15-35-25-27-20(14-17-7-3-2-4-8-17)24(32)29(25)19-12-10-18(26)11-13-19/h2-14H,15H2,1H3,(H,28,31)/b20-14-. The van der Waals surface area contributed by atoms with Gasteiger partial charge in [-0.15, -0.1) is 0 Å². The zero-order chi connectivity index (χ0) is 24.9. The van der Waals surface area contributed by atoms with Gasteiger partial charge in [-0.3, -0.25) is 24.6 Å². The minimum atomic E-state index is -0.563. The molecule has 0 saturated carbocycles. The third-order valence-electron chi connectivity index (χ3n) is 5.06. The first-order chi connectivity index (χ1) is 16.8. The third-order valence-corrected chi connectivity index (χ3v) is 6.00. The van der Waals surface area contributed by atoms with Crippen LogP contribution in [0.25, 0.3) is 6.08 Å². The van der Waals surface area contributed by atoms with Gasteiger partial charge in [-0.1, -0.05) is 54.2 Å². The van der Waals surface area contributed by atoms with Gasteiger partial charge < -0.3 is 5.32 Å². The molecule has 0 saturated heterocycles. The Kier molecular flexibility index (Phi) is 7.02. The number of hydrogen-bond acceptors (Lipinski definition) is 6. The number of halogens is 1. The van der Waals surface area contributed by atoms with Crippen molar-refractivity contribution in [3.63, 3.8) is 0 Å². The Morgan fingerprint density at radius 1 is 1.11 bits per heavy atom. The van der Waals surface area contributed by atoms with Crippen LogP contribution >= 0.6 is 11.8 Å². The number of amidine groups is 1. The Balaban J connectivity index is 1.58. The Morgan fingerprint density at radius 2 is 1.83 bits per heavy atom. The molecule has 2 amide bonds. The fourth-order valence-electron chi connectivity index (χ4n) is 3.39. The van der Waals surface area contributed by atoms with Crippen LogP contribution in [0.4, 0.5) is 21.5 Å². The minimum absolute atomic E-state index is 0.118. The summed E-state index contributed by atoms with van der Waals surface area (Å²) in [6.45, 7) is 1.66. The number of aryl methyl sites for hydroxylation is 1. The molecule has 0 radical (unpaired) electrons. The van der Waals surface area contributed by atoms with E-state index in [0.29, 0.717) is 11.3 Å². The van der Waals surface area contributed by atoms with E-state index in [0.717, 1.165) is 17.3 Å². The number of nitro groups is 1. The number of nitro benzene ring substituents is 1. The SMILES string of the molecule is Cc1cccc([N+](=O)[O-])c1NC(=O)CSC1=N/C(=C\c2ccccc2)C(=O)N1c1ccc(F)cc1. The van der Waals surface area contributed by atoms with Gasteiger partial charge in [-0.05, 0) is 48.4 Å². The molecule has 0 atom stereocenters. The van der Waals surface area contributed by atoms with Gasteiger partial charge in [0, 0.05) is 6.07 Å². The second-order valence-electron chi connectivity index (χ2n) is 7.51. The molecule has 1 aliphatic heterocycles. The van der Waals surface area contributed by atoms with Crippen molar-refractivity contribution in [3.05, 3.63) is 106 Å². The van der Waals surface area contributed by atoms with E-state index < -0.39 is 22.6 Å². The van der Waals surface area contributed by atoms with Crippen molar-refractivity contribution < 1.29 is 18.9 Å². The number of hydrogen-bond donors (Lipinski definition) is 1. The Hall–Kier alpha value is -4.31. The van der Waals surface area contributed by atoms with Gasteiger partial charge >= 0.3 is 0 Å². The zero-order valence-electron chi connectivity index (χ0n) is 18.5. The number of rotatable bonds is 6. The first-order valence-corrected chi connectivity index (χ1v) is 11.4. The van der Waals surface area contributed by atoms with E-state index in [1.54, 1.807) is 19.1 Å². The van der Waals surface area contributed by atoms with Crippen LogP contribution < -0.4 is 10.2 Å². The molecule has 1 aliphatic rings.